The molecule has 3 aromatic rings. The third-order valence-electron chi connectivity index (χ3n) is 4.66. The number of nitrogens with zero attached hydrogens (tertiary/aromatic N) is 6. The van der Waals surface area contributed by atoms with Gasteiger partial charge in [-0.25, -0.2) is 17.7 Å². The Hall–Kier alpha value is -2.73. The average Bonchev–Trinajstić information content (AvgIpc) is 3.31. The number of H-pyrrole nitrogens is 1. The highest BCUT2D eigenvalue weighted by Gasteiger charge is 2.26. The van der Waals surface area contributed by atoms with Gasteiger partial charge in [-0.15, -0.1) is 5.10 Å². The van der Waals surface area contributed by atoms with Crippen molar-refractivity contribution in [1.82, 2.24) is 34.1 Å². The molecule has 28 heavy (non-hydrogen) atoms. The molecule has 150 valence electrons. The zero-order valence-electron chi connectivity index (χ0n) is 15.7. The first-order chi connectivity index (χ1) is 13.5. The van der Waals surface area contributed by atoms with E-state index >= 15 is 0 Å². The number of piperidine rings is 1. The van der Waals surface area contributed by atoms with Crippen molar-refractivity contribution in [2.45, 2.75) is 25.8 Å². The first-order valence-electron chi connectivity index (χ1n) is 9.04. The summed E-state index contributed by atoms with van der Waals surface area (Å²) >= 11 is 0. The largest absolute Gasteiger partial charge is 0.488 e. The molecule has 1 fully saturated rings. The normalized spacial score (nSPS) is 16.5. The van der Waals surface area contributed by atoms with Crippen LogP contribution in [0, 0.1) is 0 Å². The van der Waals surface area contributed by atoms with Gasteiger partial charge >= 0.3 is 0 Å². The summed E-state index contributed by atoms with van der Waals surface area (Å²) in [5.74, 6) is 1.00. The second kappa shape index (κ2) is 7.36. The maximum Gasteiger partial charge on any atom is 0.243 e. The molecule has 0 spiro atoms. The number of hydrogen-bond acceptors (Lipinski definition) is 8. The fourth-order valence-corrected chi connectivity index (χ4v) is 4.15. The number of anilines is 1. The molecule has 1 aliphatic heterocycles. The summed E-state index contributed by atoms with van der Waals surface area (Å²) in [5.41, 5.74) is 2.00. The number of aromatic nitrogens is 6. The minimum Gasteiger partial charge on any atom is -0.488 e. The van der Waals surface area contributed by atoms with Gasteiger partial charge in [0.1, 0.15) is 12.0 Å². The lowest BCUT2D eigenvalue weighted by Gasteiger charge is -2.30. The van der Waals surface area contributed by atoms with Crippen molar-refractivity contribution >= 4 is 21.6 Å². The summed E-state index contributed by atoms with van der Waals surface area (Å²) in [7, 11) is -3.14. The molecule has 4 rings (SSSR count). The van der Waals surface area contributed by atoms with Crippen molar-refractivity contribution in [3.8, 4) is 17.0 Å². The molecule has 11 nitrogen and oxygen atoms in total. The van der Waals surface area contributed by atoms with Gasteiger partial charge in [0.15, 0.2) is 5.75 Å². The molecule has 0 atom stereocenters. The summed E-state index contributed by atoms with van der Waals surface area (Å²) in [6.07, 6.45) is 7.63. The molecule has 0 aliphatic carbocycles. The summed E-state index contributed by atoms with van der Waals surface area (Å²) in [6.45, 7) is 3.33. The van der Waals surface area contributed by atoms with Gasteiger partial charge in [-0.1, -0.05) is 0 Å². The maximum atomic E-state index is 11.6. The molecule has 0 radical (unpaired) electrons. The number of hydrogen-bond donors (Lipinski definition) is 2. The van der Waals surface area contributed by atoms with Crippen LogP contribution >= 0.6 is 0 Å². The molecule has 0 bridgehead atoms. The molecule has 0 amide bonds. The first-order valence-corrected chi connectivity index (χ1v) is 10.9. The quantitative estimate of drug-likeness (QED) is 0.613. The second-order valence-electron chi connectivity index (χ2n) is 6.63. The van der Waals surface area contributed by atoms with Gasteiger partial charge < -0.3 is 10.1 Å². The Balaban J connectivity index is 1.57. The Morgan fingerprint density at radius 2 is 2.14 bits per heavy atom. The predicted octanol–water partition coefficient (Wildman–Crippen LogP) is 0.749. The van der Waals surface area contributed by atoms with Crippen LogP contribution in [0.3, 0.4) is 0 Å². The van der Waals surface area contributed by atoms with Crippen LogP contribution in [0.1, 0.15) is 19.8 Å². The Labute approximate surface area is 162 Å². The monoisotopic (exact) mass is 406 g/mol. The van der Waals surface area contributed by atoms with Crippen LogP contribution in [0.4, 0.5) is 5.95 Å². The minimum atomic E-state index is -3.14. The van der Waals surface area contributed by atoms with E-state index in [0.29, 0.717) is 55.6 Å². The van der Waals surface area contributed by atoms with Gasteiger partial charge in [0.2, 0.25) is 21.6 Å². The summed E-state index contributed by atoms with van der Waals surface area (Å²) < 4.78 is 32.2. The van der Waals surface area contributed by atoms with E-state index in [1.807, 2.05) is 6.92 Å². The van der Waals surface area contributed by atoms with E-state index in [-0.39, 0.29) is 6.04 Å². The zero-order valence-corrected chi connectivity index (χ0v) is 16.5. The van der Waals surface area contributed by atoms with Crippen LogP contribution in [-0.2, 0) is 10.0 Å². The highest BCUT2D eigenvalue weighted by molar-refractivity contribution is 7.88. The first kappa shape index (κ1) is 18.6. The Bertz CT molecular complexity index is 1060. The van der Waals surface area contributed by atoms with E-state index in [9.17, 15) is 8.42 Å². The third kappa shape index (κ3) is 3.64. The predicted molar refractivity (Wildman–Crippen MR) is 103 cm³/mol. The standard InChI is InChI=1S/C16H22N8O3S/c1-3-27-14-13(11-8-18-19-9-11)17-10-24-15(14)21-16(22-24)20-12-4-6-23(7-5-12)28(2,25)26/h8-10,12H,3-7H2,1-2H3,(H,18,19)(H,20,22). The van der Waals surface area contributed by atoms with E-state index in [1.54, 1.807) is 23.2 Å². The second-order valence-corrected chi connectivity index (χ2v) is 8.61. The van der Waals surface area contributed by atoms with Crippen LogP contribution in [0.25, 0.3) is 16.9 Å². The van der Waals surface area contributed by atoms with E-state index in [0.717, 1.165) is 5.56 Å². The van der Waals surface area contributed by atoms with E-state index in [4.69, 9.17) is 4.74 Å². The smallest absolute Gasteiger partial charge is 0.243 e. The summed E-state index contributed by atoms with van der Waals surface area (Å²) in [4.78, 5) is 9.02. The Morgan fingerprint density at radius 3 is 2.79 bits per heavy atom. The molecule has 2 N–H and O–H groups in total. The van der Waals surface area contributed by atoms with Crippen molar-refractivity contribution in [2.75, 3.05) is 31.3 Å². The number of nitrogens with one attached hydrogen (secondary N) is 2. The number of rotatable bonds is 6. The topological polar surface area (TPSA) is 130 Å². The Morgan fingerprint density at radius 1 is 1.36 bits per heavy atom. The molecular formula is C16H22N8O3S. The van der Waals surface area contributed by atoms with Crippen LogP contribution in [0.5, 0.6) is 5.75 Å². The van der Waals surface area contributed by atoms with Crippen molar-refractivity contribution in [2.24, 2.45) is 0 Å². The fourth-order valence-electron chi connectivity index (χ4n) is 3.27. The zero-order chi connectivity index (χ0) is 19.7. The number of aromatic amines is 1. The van der Waals surface area contributed by atoms with E-state index < -0.39 is 10.0 Å². The van der Waals surface area contributed by atoms with Gasteiger partial charge in [0.05, 0.1) is 19.1 Å². The average molecular weight is 406 g/mol. The van der Waals surface area contributed by atoms with Crippen molar-refractivity contribution in [3.63, 3.8) is 0 Å². The molecule has 0 saturated carbocycles. The molecule has 0 unspecified atom stereocenters. The van der Waals surface area contributed by atoms with Crippen LogP contribution < -0.4 is 10.1 Å². The molecule has 0 aromatic carbocycles. The third-order valence-corrected chi connectivity index (χ3v) is 5.97. The molecule has 4 heterocycles. The molecule has 1 aliphatic rings. The molecular weight excluding hydrogens is 384 g/mol. The van der Waals surface area contributed by atoms with E-state index in [2.05, 4.69) is 30.6 Å². The number of sulfonamides is 1. The van der Waals surface area contributed by atoms with Gasteiger partial charge in [0.25, 0.3) is 0 Å². The van der Waals surface area contributed by atoms with Gasteiger partial charge in [-0.05, 0) is 19.8 Å². The van der Waals surface area contributed by atoms with Crippen molar-refractivity contribution in [1.29, 1.82) is 0 Å². The number of ether oxygens (including phenoxy) is 1. The molecule has 3 aromatic heterocycles. The number of fused-ring (bicyclic) bond motifs is 1. The van der Waals surface area contributed by atoms with Gasteiger partial charge in [-0.3, -0.25) is 5.10 Å². The lowest BCUT2D eigenvalue weighted by Crippen LogP contribution is -2.41. The minimum absolute atomic E-state index is 0.104. The van der Waals surface area contributed by atoms with Crippen LogP contribution in [0.2, 0.25) is 0 Å². The highest BCUT2D eigenvalue weighted by Crippen LogP contribution is 2.31. The van der Waals surface area contributed by atoms with Crippen LogP contribution in [0.15, 0.2) is 18.7 Å². The Kier molecular flexibility index (Phi) is 4.89. The summed E-state index contributed by atoms with van der Waals surface area (Å²) in [6, 6.07) is 0.104. The van der Waals surface area contributed by atoms with Crippen LogP contribution in [-0.4, -0.2) is 74.5 Å². The molecule has 12 heteroatoms. The maximum absolute atomic E-state index is 11.6. The fraction of sp³-hybridized carbons (Fsp3) is 0.500. The van der Waals surface area contributed by atoms with Crippen molar-refractivity contribution < 1.29 is 13.2 Å². The lowest BCUT2D eigenvalue weighted by molar-refractivity contribution is 0.331. The van der Waals surface area contributed by atoms with E-state index in [1.165, 1.54) is 10.6 Å². The van der Waals surface area contributed by atoms with Crippen molar-refractivity contribution in [3.05, 3.63) is 18.7 Å². The summed E-state index contributed by atoms with van der Waals surface area (Å²) in [5, 5.41) is 14.5. The lowest BCUT2D eigenvalue weighted by atomic mass is 10.1. The van der Waals surface area contributed by atoms with Gasteiger partial charge in [0, 0.05) is 30.9 Å². The van der Waals surface area contributed by atoms with Gasteiger partial charge in [-0.2, -0.15) is 14.6 Å². The molecule has 1 saturated heterocycles. The highest BCUT2D eigenvalue weighted by atomic mass is 32.2. The SMILES string of the molecule is CCOc1c(-c2cn[nH]c2)ncn2nc(NC3CCN(S(C)(=O)=O)CC3)nc12.